The lowest BCUT2D eigenvalue weighted by Gasteiger charge is -2.29. The number of carbonyl (C=O) groups excluding carboxylic acids is 2. The highest BCUT2D eigenvalue weighted by Gasteiger charge is 2.47. The fourth-order valence-electron chi connectivity index (χ4n) is 2.78. The number of hydrogen-bond donors (Lipinski definition) is 0. The average molecular weight is 323 g/mol. The minimum atomic E-state index is -4.80. The summed E-state index contributed by atoms with van der Waals surface area (Å²) in [5.74, 6) is -1.38. The Kier molecular flexibility index (Phi) is 4.82. The molecule has 7 nitrogen and oxygen atoms in total. The largest absolute Gasteiger partial charge is 0.467 e. The van der Waals surface area contributed by atoms with Crippen molar-refractivity contribution in [2.75, 3.05) is 26.9 Å². The van der Waals surface area contributed by atoms with Crippen LogP contribution in [0, 0.1) is 5.92 Å². The number of halogens is 1. The van der Waals surface area contributed by atoms with Gasteiger partial charge in [-0.25, -0.2) is 4.79 Å². The van der Waals surface area contributed by atoms with Crippen LogP contribution in [0.1, 0.15) is 19.3 Å². The van der Waals surface area contributed by atoms with Gasteiger partial charge < -0.3 is 14.4 Å². The van der Waals surface area contributed by atoms with Crippen molar-refractivity contribution in [3.8, 4) is 0 Å². The third kappa shape index (κ3) is 3.52. The molecule has 120 valence electrons. The molecule has 21 heavy (non-hydrogen) atoms. The normalized spacial score (nSPS) is 27.6. The minimum Gasteiger partial charge on any atom is -0.467 e. The molecule has 0 saturated carbocycles. The van der Waals surface area contributed by atoms with Crippen LogP contribution in [0.15, 0.2) is 0 Å². The van der Waals surface area contributed by atoms with Crippen molar-refractivity contribution in [2.45, 2.75) is 30.6 Å². The first-order valence-corrected chi connectivity index (χ1v) is 8.18. The third-order valence-electron chi connectivity index (χ3n) is 3.99. The van der Waals surface area contributed by atoms with Gasteiger partial charge in [-0.3, -0.25) is 4.79 Å². The van der Waals surface area contributed by atoms with Crippen molar-refractivity contribution in [1.29, 1.82) is 0 Å². The molecule has 9 heteroatoms. The molecule has 2 fully saturated rings. The summed E-state index contributed by atoms with van der Waals surface area (Å²) in [5.41, 5.74) is 0. The summed E-state index contributed by atoms with van der Waals surface area (Å²) < 4.78 is 45.0. The van der Waals surface area contributed by atoms with Gasteiger partial charge in [0.15, 0.2) is 0 Å². The fraction of sp³-hybridized carbons (Fsp3) is 0.833. The molecule has 0 N–H and O–H groups in total. The summed E-state index contributed by atoms with van der Waals surface area (Å²) in [6.07, 6.45) is 0.757. The molecule has 0 aromatic heterocycles. The van der Waals surface area contributed by atoms with Crippen molar-refractivity contribution in [1.82, 2.24) is 4.90 Å². The number of likely N-dealkylation sites (tertiary alicyclic amines) is 1. The van der Waals surface area contributed by atoms with Crippen LogP contribution in [0.2, 0.25) is 0 Å². The van der Waals surface area contributed by atoms with Gasteiger partial charge in [0.2, 0.25) is 5.91 Å². The van der Waals surface area contributed by atoms with Gasteiger partial charge in [-0.05, 0) is 19.3 Å². The Morgan fingerprint density at radius 2 is 1.90 bits per heavy atom. The van der Waals surface area contributed by atoms with Crippen LogP contribution in [-0.2, 0) is 29.3 Å². The highest BCUT2D eigenvalue weighted by molar-refractivity contribution is 7.87. The van der Waals surface area contributed by atoms with E-state index in [1.165, 1.54) is 0 Å². The summed E-state index contributed by atoms with van der Waals surface area (Å²) >= 11 is 0. The molecule has 0 aromatic carbocycles. The lowest BCUT2D eigenvalue weighted by atomic mass is 9.98. The Morgan fingerprint density at radius 3 is 2.43 bits per heavy atom. The number of hydrogen-bond acceptors (Lipinski definition) is 6. The predicted molar refractivity (Wildman–Crippen MR) is 69.5 cm³/mol. The van der Waals surface area contributed by atoms with Crippen LogP contribution in [-0.4, -0.2) is 63.4 Å². The molecule has 0 aromatic rings. The van der Waals surface area contributed by atoms with Crippen LogP contribution in [0.5, 0.6) is 0 Å². The van der Waals surface area contributed by atoms with Crippen molar-refractivity contribution in [2.24, 2.45) is 5.92 Å². The van der Waals surface area contributed by atoms with E-state index in [2.05, 4.69) is 4.74 Å². The molecule has 0 aliphatic carbocycles. The Bertz CT molecular complexity index is 516. The predicted octanol–water partition coefficient (Wildman–Crippen LogP) is -0.145. The molecule has 2 unspecified atom stereocenters. The number of esters is 1. The molecule has 1 amide bonds. The molecule has 2 rings (SSSR count). The molecular weight excluding hydrogens is 305 g/mol. The van der Waals surface area contributed by atoms with E-state index in [1.807, 2.05) is 0 Å². The first-order valence-electron chi connectivity index (χ1n) is 6.74. The number of rotatable bonds is 3. The van der Waals surface area contributed by atoms with Crippen LogP contribution < -0.4 is 0 Å². The van der Waals surface area contributed by atoms with E-state index in [0.29, 0.717) is 26.1 Å². The first-order chi connectivity index (χ1) is 9.84. The van der Waals surface area contributed by atoms with Crippen LogP contribution >= 0.6 is 0 Å². The van der Waals surface area contributed by atoms with Crippen molar-refractivity contribution >= 4 is 22.1 Å². The fourth-order valence-corrected chi connectivity index (χ4v) is 3.53. The monoisotopic (exact) mass is 323 g/mol. The second-order valence-corrected chi connectivity index (χ2v) is 6.87. The van der Waals surface area contributed by atoms with Crippen molar-refractivity contribution in [3.63, 3.8) is 0 Å². The maximum Gasteiger partial charge on any atom is 0.328 e. The van der Waals surface area contributed by atoms with Gasteiger partial charge in [0.1, 0.15) is 11.3 Å². The molecule has 2 aliphatic heterocycles. The Balaban J connectivity index is 2.17. The zero-order chi connectivity index (χ0) is 15.6. The van der Waals surface area contributed by atoms with Gasteiger partial charge in [0.05, 0.1) is 7.11 Å². The van der Waals surface area contributed by atoms with Gasteiger partial charge in [-0.1, -0.05) is 0 Å². The van der Waals surface area contributed by atoms with E-state index in [1.54, 1.807) is 0 Å². The van der Waals surface area contributed by atoms with Gasteiger partial charge in [-0.15, -0.1) is 3.89 Å². The topological polar surface area (TPSA) is 90.0 Å². The van der Waals surface area contributed by atoms with Gasteiger partial charge in [0, 0.05) is 25.7 Å². The third-order valence-corrected chi connectivity index (χ3v) is 5.13. The molecule has 0 radical (unpaired) electrons. The molecule has 0 spiro atoms. The van der Waals surface area contributed by atoms with Crippen LogP contribution in [0.3, 0.4) is 0 Å². The number of carbonyl (C=O) groups is 2. The van der Waals surface area contributed by atoms with Gasteiger partial charge in [-0.2, -0.15) is 8.42 Å². The summed E-state index contributed by atoms with van der Waals surface area (Å²) in [6.45, 7) is 0.574. The Hall–Kier alpha value is -1.22. The number of ether oxygens (including phenoxy) is 2. The molecule has 2 atom stereocenters. The van der Waals surface area contributed by atoms with E-state index in [-0.39, 0.29) is 24.8 Å². The second-order valence-electron chi connectivity index (χ2n) is 5.25. The molecule has 0 bridgehead atoms. The summed E-state index contributed by atoms with van der Waals surface area (Å²) in [5, 5.41) is -1.37. The molecule has 2 heterocycles. The SMILES string of the molecule is COC(=O)C1CC(S(=O)(=O)F)CN1C(=O)C1CCOCC1. The highest BCUT2D eigenvalue weighted by Crippen LogP contribution is 2.29. The molecular formula is C12H18FNO6S. The molecule has 2 saturated heterocycles. The first kappa shape index (κ1) is 16.2. The maximum atomic E-state index is 13.2. The van der Waals surface area contributed by atoms with E-state index in [4.69, 9.17) is 4.74 Å². The maximum absolute atomic E-state index is 13.2. The van der Waals surface area contributed by atoms with E-state index < -0.39 is 27.5 Å². The minimum absolute atomic E-state index is 0.263. The van der Waals surface area contributed by atoms with Crippen molar-refractivity contribution in [3.05, 3.63) is 0 Å². The number of amides is 1. The zero-order valence-electron chi connectivity index (χ0n) is 11.7. The standard InChI is InChI=1S/C12H18FNO6S/c1-19-12(16)10-6-9(21(13,17)18)7-14(10)11(15)8-2-4-20-5-3-8/h8-10H,2-7H2,1H3. The summed E-state index contributed by atoms with van der Waals surface area (Å²) in [7, 11) is -3.65. The summed E-state index contributed by atoms with van der Waals surface area (Å²) in [4.78, 5) is 25.3. The Morgan fingerprint density at radius 1 is 1.29 bits per heavy atom. The quantitative estimate of drug-likeness (QED) is 0.530. The second kappa shape index (κ2) is 6.27. The van der Waals surface area contributed by atoms with Gasteiger partial charge in [0.25, 0.3) is 0 Å². The van der Waals surface area contributed by atoms with E-state index in [9.17, 15) is 21.9 Å². The molecule has 2 aliphatic rings. The van der Waals surface area contributed by atoms with Crippen LogP contribution in [0.4, 0.5) is 3.89 Å². The van der Waals surface area contributed by atoms with Crippen LogP contribution in [0.25, 0.3) is 0 Å². The Labute approximate surface area is 122 Å². The highest BCUT2D eigenvalue weighted by atomic mass is 32.3. The van der Waals surface area contributed by atoms with E-state index >= 15 is 0 Å². The smallest absolute Gasteiger partial charge is 0.328 e. The summed E-state index contributed by atoms with van der Waals surface area (Å²) in [6, 6.07) is -1.04. The van der Waals surface area contributed by atoms with Gasteiger partial charge >= 0.3 is 16.2 Å². The lowest BCUT2D eigenvalue weighted by Crippen LogP contribution is -2.45. The number of nitrogens with zero attached hydrogens (tertiary/aromatic N) is 1. The number of methoxy groups -OCH3 is 1. The average Bonchev–Trinajstić information content (AvgIpc) is 2.91. The lowest BCUT2D eigenvalue weighted by molar-refractivity contribution is -0.153. The van der Waals surface area contributed by atoms with E-state index in [0.717, 1.165) is 12.0 Å². The van der Waals surface area contributed by atoms with Crippen molar-refractivity contribution < 1.29 is 31.4 Å². The zero-order valence-corrected chi connectivity index (χ0v) is 12.5.